The predicted molar refractivity (Wildman–Crippen MR) is 109 cm³/mol. The van der Waals surface area contributed by atoms with E-state index in [2.05, 4.69) is 69.8 Å². The maximum atomic E-state index is 4.36. The molecule has 130 valence electrons. The van der Waals surface area contributed by atoms with E-state index in [1.54, 1.807) is 0 Å². The van der Waals surface area contributed by atoms with Crippen LogP contribution < -0.4 is 5.32 Å². The van der Waals surface area contributed by atoms with Gasteiger partial charge in [0.2, 0.25) is 0 Å². The molecule has 2 aromatic heterocycles. The van der Waals surface area contributed by atoms with E-state index in [1.165, 1.54) is 22.2 Å². The third-order valence-corrected chi connectivity index (χ3v) is 5.10. The Morgan fingerprint density at radius 2 is 2.12 bits per heavy atom. The molecule has 0 aliphatic heterocycles. The lowest BCUT2D eigenvalue weighted by Gasteiger charge is -2.21. The molecule has 0 fully saturated rings. The summed E-state index contributed by atoms with van der Waals surface area (Å²) in [4.78, 5) is 7.97. The average molecular weight is 398 g/mol. The summed E-state index contributed by atoms with van der Waals surface area (Å²) in [6, 6.07) is 12.4. The van der Waals surface area contributed by atoms with Crippen LogP contribution in [0.15, 0.2) is 59.7 Å². The Bertz CT molecular complexity index is 865. The van der Waals surface area contributed by atoms with Gasteiger partial charge in [-0.3, -0.25) is 4.98 Å². The molecule has 0 aliphatic carbocycles. The topological polar surface area (TPSA) is 40.7 Å². The van der Waals surface area contributed by atoms with Crippen molar-refractivity contribution in [2.24, 2.45) is 0 Å². The van der Waals surface area contributed by atoms with Crippen LogP contribution in [0.2, 0.25) is 0 Å². The SMILES string of the molecule is C=CC(C)(C)c1[nH]c2cc(Br)ccc2c1CCNCc1ccccn1. The highest BCUT2D eigenvalue weighted by Crippen LogP contribution is 2.33. The zero-order valence-corrected chi connectivity index (χ0v) is 16.4. The minimum atomic E-state index is -0.0954. The van der Waals surface area contributed by atoms with Crippen molar-refractivity contribution in [1.82, 2.24) is 15.3 Å². The van der Waals surface area contributed by atoms with Crippen molar-refractivity contribution in [2.45, 2.75) is 32.2 Å². The Morgan fingerprint density at radius 3 is 2.84 bits per heavy atom. The van der Waals surface area contributed by atoms with Crippen LogP contribution in [0.4, 0.5) is 0 Å². The minimum Gasteiger partial charge on any atom is -0.357 e. The summed E-state index contributed by atoms with van der Waals surface area (Å²) in [5.74, 6) is 0. The van der Waals surface area contributed by atoms with E-state index in [-0.39, 0.29) is 5.41 Å². The maximum Gasteiger partial charge on any atom is 0.0541 e. The van der Waals surface area contributed by atoms with Gasteiger partial charge in [-0.2, -0.15) is 0 Å². The molecule has 4 heteroatoms. The smallest absolute Gasteiger partial charge is 0.0541 e. The molecule has 3 aromatic rings. The van der Waals surface area contributed by atoms with Crippen LogP contribution in [0.5, 0.6) is 0 Å². The van der Waals surface area contributed by atoms with Crippen molar-refractivity contribution in [3.8, 4) is 0 Å². The molecule has 0 bridgehead atoms. The Balaban J connectivity index is 1.81. The Hall–Kier alpha value is -1.91. The molecule has 0 unspecified atom stereocenters. The highest BCUT2D eigenvalue weighted by atomic mass is 79.9. The third kappa shape index (κ3) is 4.02. The number of benzene rings is 1. The number of pyridine rings is 1. The van der Waals surface area contributed by atoms with Gasteiger partial charge in [-0.1, -0.05) is 48.0 Å². The van der Waals surface area contributed by atoms with Gasteiger partial charge in [0.15, 0.2) is 0 Å². The van der Waals surface area contributed by atoms with E-state index in [0.717, 1.165) is 29.7 Å². The Morgan fingerprint density at radius 1 is 1.28 bits per heavy atom. The van der Waals surface area contributed by atoms with Crippen LogP contribution in [0.25, 0.3) is 10.9 Å². The molecule has 3 rings (SSSR count). The second-order valence-electron chi connectivity index (χ2n) is 6.84. The van der Waals surface area contributed by atoms with Gasteiger partial charge in [0, 0.05) is 39.2 Å². The van der Waals surface area contributed by atoms with Crippen LogP contribution in [-0.2, 0) is 18.4 Å². The van der Waals surface area contributed by atoms with Crippen LogP contribution in [-0.4, -0.2) is 16.5 Å². The van der Waals surface area contributed by atoms with Gasteiger partial charge in [0.05, 0.1) is 5.69 Å². The number of hydrogen-bond donors (Lipinski definition) is 2. The average Bonchev–Trinajstić information content (AvgIpc) is 2.98. The molecule has 25 heavy (non-hydrogen) atoms. The molecule has 0 atom stereocenters. The second kappa shape index (κ2) is 7.54. The van der Waals surface area contributed by atoms with Crippen LogP contribution >= 0.6 is 15.9 Å². The highest BCUT2D eigenvalue weighted by Gasteiger charge is 2.23. The predicted octanol–water partition coefficient (Wildman–Crippen LogP) is 5.12. The number of H-pyrrole nitrogens is 1. The lowest BCUT2D eigenvalue weighted by atomic mass is 9.86. The Kier molecular flexibility index (Phi) is 5.40. The molecule has 0 aliphatic rings. The number of nitrogens with one attached hydrogen (secondary N) is 2. The van der Waals surface area contributed by atoms with Crippen molar-refractivity contribution in [2.75, 3.05) is 6.54 Å². The number of hydrogen-bond acceptors (Lipinski definition) is 2. The van der Waals surface area contributed by atoms with Crippen LogP contribution in [0, 0.1) is 0 Å². The van der Waals surface area contributed by atoms with Crippen molar-refractivity contribution in [1.29, 1.82) is 0 Å². The first-order chi connectivity index (χ1) is 12.0. The normalized spacial score (nSPS) is 11.8. The number of nitrogens with zero attached hydrogens (tertiary/aromatic N) is 1. The number of allylic oxidation sites excluding steroid dienone is 1. The van der Waals surface area contributed by atoms with Crippen LogP contribution in [0.3, 0.4) is 0 Å². The zero-order valence-electron chi connectivity index (χ0n) is 14.8. The second-order valence-corrected chi connectivity index (χ2v) is 7.76. The van der Waals surface area contributed by atoms with Crippen LogP contribution in [0.1, 0.15) is 30.8 Å². The number of aromatic amines is 1. The summed E-state index contributed by atoms with van der Waals surface area (Å²) >= 11 is 3.56. The molecule has 3 nitrogen and oxygen atoms in total. The van der Waals surface area contributed by atoms with E-state index in [1.807, 2.05) is 30.5 Å². The molecule has 0 spiro atoms. The van der Waals surface area contributed by atoms with Gasteiger partial charge in [-0.15, -0.1) is 6.58 Å². The number of halogens is 1. The number of fused-ring (bicyclic) bond motifs is 1. The van der Waals surface area contributed by atoms with Gasteiger partial charge in [0.1, 0.15) is 0 Å². The summed E-state index contributed by atoms with van der Waals surface area (Å²) in [5, 5.41) is 4.79. The molecular formula is C21H24BrN3. The lowest BCUT2D eigenvalue weighted by molar-refractivity contribution is 0.628. The molecule has 0 radical (unpaired) electrons. The Labute approximate surface area is 157 Å². The van der Waals surface area contributed by atoms with E-state index >= 15 is 0 Å². The lowest BCUT2D eigenvalue weighted by Crippen LogP contribution is -2.20. The van der Waals surface area contributed by atoms with Crippen molar-refractivity contribution >= 4 is 26.8 Å². The summed E-state index contributed by atoms with van der Waals surface area (Å²) in [6.07, 6.45) is 4.80. The molecule has 1 aromatic carbocycles. The standard InChI is InChI=1S/C21H24BrN3/c1-4-21(2,3)20-18(17-9-8-15(22)13-19(17)25-20)10-12-23-14-16-7-5-6-11-24-16/h4-9,11,13,23,25H,1,10,12,14H2,2-3H3. The van der Waals surface area contributed by atoms with Crippen molar-refractivity contribution in [3.05, 3.63) is 76.7 Å². The third-order valence-electron chi connectivity index (χ3n) is 4.61. The molecule has 0 saturated carbocycles. The molecular weight excluding hydrogens is 374 g/mol. The zero-order chi connectivity index (χ0) is 17.9. The number of rotatable bonds is 7. The fourth-order valence-corrected chi connectivity index (χ4v) is 3.43. The number of aromatic nitrogens is 2. The molecule has 0 amide bonds. The molecule has 2 N–H and O–H groups in total. The van der Waals surface area contributed by atoms with E-state index in [4.69, 9.17) is 0 Å². The summed E-state index contributed by atoms with van der Waals surface area (Å²) in [7, 11) is 0. The summed E-state index contributed by atoms with van der Waals surface area (Å²) < 4.78 is 1.09. The first-order valence-corrected chi connectivity index (χ1v) is 9.35. The molecule has 2 heterocycles. The quantitative estimate of drug-likeness (QED) is 0.428. The molecule has 0 saturated heterocycles. The van der Waals surface area contributed by atoms with E-state index in [9.17, 15) is 0 Å². The van der Waals surface area contributed by atoms with Gasteiger partial charge in [0.25, 0.3) is 0 Å². The monoisotopic (exact) mass is 397 g/mol. The maximum absolute atomic E-state index is 4.36. The highest BCUT2D eigenvalue weighted by molar-refractivity contribution is 9.10. The minimum absolute atomic E-state index is 0.0954. The van der Waals surface area contributed by atoms with Crippen molar-refractivity contribution in [3.63, 3.8) is 0 Å². The van der Waals surface area contributed by atoms with Gasteiger partial charge in [-0.25, -0.2) is 0 Å². The fraction of sp³-hybridized carbons (Fsp3) is 0.286. The van der Waals surface area contributed by atoms with Gasteiger partial charge in [-0.05, 0) is 42.8 Å². The summed E-state index contributed by atoms with van der Waals surface area (Å²) in [5.41, 5.74) is 4.74. The van der Waals surface area contributed by atoms with E-state index < -0.39 is 0 Å². The van der Waals surface area contributed by atoms with E-state index in [0.29, 0.717) is 0 Å². The first-order valence-electron chi connectivity index (χ1n) is 8.56. The summed E-state index contributed by atoms with van der Waals surface area (Å²) in [6.45, 7) is 10.1. The van der Waals surface area contributed by atoms with Gasteiger partial charge < -0.3 is 10.3 Å². The van der Waals surface area contributed by atoms with Crippen molar-refractivity contribution < 1.29 is 0 Å². The largest absolute Gasteiger partial charge is 0.357 e. The van der Waals surface area contributed by atoms with Gasteiger partial charge >= 0.3 is 0 Å². The fourth-order valence-electron chi connectivity index (χ4n) is 3.07. The first kappa shape index (κ1) is 17.9.